The van der Waals surface area contributed by atoms with Gasteiger partial charge in [0.05, 0.1) is 0 Å². The molecule has 0 spiro atoms. The van der Waals surface area contributed by atoms with Gasteiger partial charge >= 0.3 is 0 Å². The van der Waals surface area contributed by atoms with Gasteiger partial charge in [-0.25, -0.2) is 0 Å². The van der Waals surface area contributed by atoms with Gasteiger partial charge in [0.25, 0.3) is 0 Å². The van der Waals surface area contributed by atoms with Crippen LogP contribution in [0.15, 0.2) is 0 Å². The Labute approximate surface area is 225 Å². The molecule has 0 radical (unpaired) electrons. The molecule has 214 valence electrons. The predicted molar refractivity (Wildman–Crippen MR) is 157 cm³/mol. The lowest BCUT2D eigenvalue weighted by Gasteiger charge is -2.15. The first-order valence-corrected chi connectivity index (χ1v) is 16.1. The molecule has 36 heavy (non-hydrogen) atoms. The summed E-state index contributed by atoms with van der Waals surface area (Å²) in [6.45, 7) is 4.52. The third-order valence-corrected chi connectivity index (χ3v) is 7.97. The molecule has 0 aliphatic rings. The number of hydrogen-bond acceptors (Lipinski definition) is 2. The van der Waals surface area contributed by atoms with Crippen molar-refractivity contribution in [2.45, 2.75) is 181 Å². The average molecular weight is 509 g/mol. The van der Waals surface area contributed by atoms with Gasteiger partial charge in [-0.1, -0.05) is 155 Å². The van der Waals surface area contributed by atoms with Gasteiger partial charge in [-0.15, -0.1) is 0 Å². The fourth-order valence-corrected chi connectivity index (χ4v) is 5.40. The van der Waals surface area contributed by atoms with E-state index in [4.69, 9.17) is 11.5 Å². The number of primary amides is 2. The first-order chi connectivity index (χ1) is 17.5. The van der Waals surface area contributed by atoms with Crippen LogP contribution in [0.4, 0.5) is 0 Å². The molecule has 4 N–H and O–H groups in total. The highest BCUT2D eigenvalue weighted by atomic mass is 16.1. The van der Waals surface area contributed by atoms with E-state index in [0.29, 0.717) is 0 Å². The van der Waals surface area contributed by atoms with Gasteiger partial charge in [0, 0.05) is 11.8 Å². The highest BCUT2D eigenvalue weighted by molar-refractivity contribution is 5.77. The van der Waals surface area contributed by atoms with Crippen LogP contribution in [-0.4, -0.2) is 11.8 Å². The Morgan fingerprint density at radius 2 is 0.583 bits per heavy atom. The minimum absolute atomic E-state index is 0.00644. The molecule has 0 aliphatic heterocycles. The van der Waals surface area contributed by atoms with Crippen molar-refractivity contribution < 1.29 is 9.59 Å². The quantitative estimate of drug-likeness (QED) is 0.0986. The smallest absolute Gasteiger partial charge is 0.220 e. The summed E-state index contributed by atoms with van der Waals surface area (Å²) >= 11 is 0. The number of carbonyl (C=O) groups excluding carboxylic acids is 2. The number of carbonyl (C=O) groups is 2. The van der Waals surface area contributed by atoms with E-state index in [0.717, 1.165) is 51.4 Å². The second-order valence-corrected chi connectivity index (χ2v) is 11.4. The summed E-state index contributed by atoms with van der Waals surface area (Å²) in [4.78, 5) is 23.8. The topological polar surface area (TPSA) is 86.2 Å². The molecule has 0 fully saturated rings. The largest absolute Gasteiger partial charge is 0.369 e. The molecule has 0 aliphatic carbocycles. The summed E-state index contributed by atoms with van der Waals surface area (Å²) in [6.07, 6.45) is 31.7. The summed E-state index contributed by atoms with van der Waals surface area (Å²) < 4.78 is 0. The zero-order valence-electron chi connectivity index (χ0n) is 24.5. The molecule has 0 aromatic carbocycles. The second kappa shape index (κ2) is 27.0. The summed E-state index contributed by atoms with van der Waals surface area (Å²) in [5.74, 6) is -0.313. The molecule has 4 nitrogen and oxygen atoms in total. The Bertz CT molecular complexity index is 451. The van der Waals surface area contributed by atoms with Crippen molar-refractivity contribution in [1.29, 1.82) is 0 Å². The highest BCUT2D eigenvalue weighted by Crippen LogP contribution is 2.22. The summed E-state index contributed by atoms with van der Waals surface area (Å²) in [5, 5.41) is 0. The zero-order valence-corrected chi connectivity index (χ0v) is 24.5. The SMILES string of the molecule is CCCCCCCCCCCCC(CCCCC(CCCCCCCCCCCC)C(N)=O)C(N)=O. The molecule has 0 heterocycles. The van der Waals surface area contributed by atoms with Crippen LogP contribution in [0.2, 0.25) is 0 Å². The monoisotopic (exact) mass is 508 g/mol. The number of hydrogen-bond donors (Lipinski definition) is 2. The van der Waals surface area contributed by atoms with Crippen molar-refractivity contribution in [2.75, 3.05) is 0 Å². The molecule has 2 atom stereocenters. The number of amides is 2. The molecule has 0 rings (SSSR count). The van der Waals surface area contributed by atoms with Crippen LogP contribution in [0, 0.1) is 11.8 Å². The van der Waals surface area contributed by atoms with E-state index in [1.165, 1.54) is 116 Å². The molecular formula is C32H64N2O2. The lowest BCUT2D eigenvalue weighted by molar-refractivity contribution is -0.123. The fourth-order valence-electron chi connectivity index (χ4n) is 5.40. The Morgan fingerprint density at radius 1 is 0.389 bits per heavy atom. The molecule has 0 aromatic rings. The first kappa shape index (κ1) is 34.9. The van der Waals surface area contributed by atoms with Gasteiger partial charge in [-0.2, -0.15) is 0 Å². The Hall–Kier alpha value is -1.06. The van der Waals surface area contributed by atoms with Crippen LogP contribution in [0.25, 0.3) is 0 Å². The summed E-state index contributed by atoms with van der Waals surface area (Å²) in [6, 6.07) is 0. The van der Waals surface area contributed by atoms with E-state index >= 15 is 0 Å². The van der Waals surface area contributed by atoms with E-state index in [1.54, 1.807) is 0 Å². The maximum atomic E-state index is 11.9. The van der Waals surface area contributed by atoms with Gasteiger partial charge in [0.15, 0.2) is 0 Å². The Morgan fingerprint density at radius 3 is 0.806 bits per heavy atom. The number of rotatable bonds is 29. The van der Waals surface area contributed by atoms with Crippen molar-refractivity contribution in [3.8, 4) is 0 Å². The molecule has 0 saturated carbocycles. The van der Waals surface area contributed by atoms with Gasteiger partial charge in [0.1, 0.15) is 0 Å². The Kier molecular flexibility index (Phi) is 26.2. The number of nitrogens with two attached hydrogens (primary N) is 2. The Balaban J connectivity index is 3.81. The van der Waals surface area contributed by atoms with Crippen LogP contribution < -0.4 is 11.5 Å². The van der Waals surface area contributed by atoms with Crippen molar-refractivity contribution in [3.05, 3.63) is 0 Å². The van der Waals surface area contributed by atoms with E-state index in [-0.39, 0.29) is 23.7 Å². The molecule has 2 unspecified atom stereocenters. The van der Waals surface area contributed by atoms with Crippen LogP contribution in [0.3, 0.4) is 0 Å². The lowest BCUT2D eigenvalue weighted by Crippen LogP contribution is -2.24. The maximum Gasteiger partial charge on any atom is 0.220 e. The zero-order chi connectivity index (χ0) is 26.7. The van der Waals surface area contributed by atoms with Crippen LogP contribution >= 0.6 is 0 Å². The van der Waals surface area contributed by atoms with E-state index in [1.807, 2.05) is 0 Å². The van der Waals surface area contributed by atoms with E-state index in [2.05, 4.69) is 13.8 Å². The summed E-state index contributed by atoms with van der Waals surface area (Å²) in [7, 11) is 0. The molecule has 4 heteroatoms. The summed E-state index contributed by atoms with van der Waals surface area (Å²) in [5.41, 5.74) is 11.4. The van der Waals surface area contributed by atoms with E-state index in [9.17, 15) is 9.59 Å². The van der Waals surface area contributed by atoms with Crippen molar-refractivity contribution >= 4 is 11.8 Å². The predicted octanol–water partition coefficient (Wildman–Crippen LogP) is 9.37. The van der Waals surface area contributed by atoms with Crippen LogP contribution in [0.1, 0.15) is 181 Å². The van der Waals surface area contributed by atoms with Gasteiger partial charge in [-0.3, -0.25) is 9.59 Å². The normalized spacial score (nSPS) is 13.1. The highest BCUT2D eigenvalue weighted by Gasteiger charge is 2.17. The average Bonchev–Trinajstić information content (AvgIpc) is 2.85. The standard InChI is InChI=1S/C32H64N2O2/c1-3-5-7-9-11-13-15-17-19-21-25-29(31(33)35)27-23-24-28-30(32(34)36)26-22-20-18-16-14-12-10-8-6-4-2/h29-30H,3-28H2,1-2H3,(H2,33,35)(H2,34,36). The van der Waals surface area contributed by atoms with Crippen molar-refractivity contribution in [2.24, 2.45) is 23.3 Å². The third-order valence-electron chi connectivity index (χ3n) is 7.97. The molecule has 0 saturated heterocycles. The van der Waals surface area contributed by atoms with Crippen molar-refractivity contribution in [3.63, 3.8) is 0 Å². The molecule has 0 aromatic heterocycles. The van der Waals surface area contributed by atoms with Crippen LogP contribution in [-0.2, 0) is 9.59 Å². The molecular weight excluding hydrogens is 444 g/mol. The van der Waals surface area contributed by atoms with Gasteiger partial charge in [0.2, 0.25) is 11.8 Å². The molecule has 0 bridgehead atoms. The van der Waals surface area contributed by atoms with E-state index < -0.39 is 0 Å². The minimum Gasteiger partial charge on any atom is -0.369 e. The van der Waals surface area contributed by atoms with Gasteiger partial charge < -0.3 is 11.5 Å². The van der Waals surface area contributed by atoms with Crippen LogP contribution in [0.5, 0.6) is 0 Å². The second-order valence-electron chi connectivity index (χ2n) is 11.4. The minimum atomic E-state index is -0.150. The molecule has 2 amide bonds. The van der Waals surface area contributed by atoms with Crippen molar-refractivity contribution in [1.82, 2.24) is 0 Å². The van der Waals surface area contributed by atoms with Gasteiger partial charge in [-0.05, 0) is 25.7 Å². The third kappa shape index (κ3) is 23.3. The first-order valence-electron chi connectivity index (χ1n) is 16.1. The maximum absolute atomic E-state index is 11.9. The lowest BCUT2D eigenvalue weighted by atomic mass is 9.90. The number of unbranched alkanes of at least 4 members (excludes halogenated alkanes) is 19. The fraction of sp³-hybridized carbons (Fsp3) is 0.938.